The van der Waals surface area contributed by atoms with Gasteiger partial charge in [0, 0.05) is 23.8 Å². The molecule has 5 heteroatoms. The van der Waals surface area contributed by atoms with Gasteiger partial charge in [-0.2, -0.15) is 0 Å². The maximum atomic E-state index is 12.4. The number of carbonyl (C=O) groups is 2. The molecule has 0 saturated carbocycles. The summed E-state index contributed by atoms with van der Waals surface area (Å²) in [5.41, 5.74) is 7.61. The Balaban J connectivity index is 2.99. The zero-order valence-electron chi connectivity index (χ0n) is 11.5. The van der Waals surface area contributed by atoms with Crippen LogP contribution >= 0.6 is 0 Å². The molecule has 0 unspecified atom stereocenters. The highest BCUT2D eigenvalue weighted by Gasteiger charge is 2.21. The van der Waals surface area contributed by atoms with E-state index in [-0.39, 0.29) is 24.9 Å². The highest BCUT2D eigenvalue weighted by Crippen LogP contribution is 2.18. The van der Waals surface area contributed by atoms with Crippen molar-refractivity contribution in [2.45, 2.75) is 33.2 Å². The van der Waals surface area contributed by atoms with E-state index in [4.69, 9.17) is 10.8 Å². The number of aliphatic carboxylic acids is 1. The van der Waals surface area contributed by atoms with E-state index in [0.29, 0.717) is 11.3 Å². The molecule has 0 atom stereocenters. The molecule has 1 aromatic rings. The predicted molar refractivity (Wildman–Crippen MR) is 74.0 cm³/mol. The molecule has 0 heterocycles. The zero-order chi connectivity index (χ0) is 14.6. The summed E-state index contributed by atoms with van der Waals surface area (Å²) < 4.78 is 0. The lowest BCUT2D eigenvalue weighted by Gasteiger charge is -2.27. The monoisotopic (exact) mass is 264 g/mol. The van der Waals surface area contributed by atoms with Crippen molar-refractivity contribution in [3.8, 4) is 0 Å². The van der Waals surface area contributed by atoms with E-state index >= 15 is 0 Å². The van der Waals surface area contributed by atoms with Crippen LogP contribution in [0, 0.1) is 6.92 Å². The first kappa shape index (κ1) is 15.0. The highest BCUT2D eigenvalue weighted by atomic mass is 16.4. The largest absolute Gasteiger partial charge is 0.481 e. The second-order valence-electron chi connectivity index (χ2n) is 4.76. The van der Waals surface area contributed by atoms with Crippen molar-refractivity contribution in [2.24, 2.45) is 0 Å². The average Bonchev–Trinajstić information content (AvgIpc) is 2.31. The van der Waals surface area contributed by atoms with E-state index in [0.717, 1.165) is 5.56 Å². The molecule has 1 rings (SSSR count). The van der Waals surface area contributed by atoms with Crippen LogP contribution in [-0.2, 0) is 4.79 Å². The lowest BCUT2D eigenvalue weighted by atomic mass is 10.0. The molecule has 0 saturated heterocycles. The van der Waals surface area contributed by atoms with Gasteiger partial charge in [0.25, 0.3) is 5.91 Å². The molecule has 0 radical (unpaired) electrons. The number of rotatable bonds is 5. The number of anilines is 1. The molecular formula is C14H20N2O3. The third kappa shape index (κ3) is 3.71. The lowest BCUT2D eigenvalue weighted by molar-refractivity contribution is -0.137. The molecule has 5 nitrogen and oxygen atoms in total. The van der Waals surface area contributed by atoms with Crippen LogP contribution in [0.2, 0.25) is 0 Å². The average molecular weight is 264 g/mol. The Kier molecular flexibility index (Phi) is 4.92. The fraction of sp³-hybridized carbons (Fsp3) is 0.429. The normalized spacial score (nSPS) is 10.5. The summed E-state index contributed by atoms with van der Waals surface area (Å²) in [6.45, 7) is 5.71. The molecule has 3 N–H and O–H groups in total. The summed E-state index contributed by atoms with van der Waals surface area (Å²) in [7, 11) is 0. The first-order valence-electron chi connectivity index (χ1n) is 6.22. The number of benzene rings is 1. The maximum absolute atomic E-state index is 12.4. The van der Waals surface area contributed by atoms with E-state index in [1.165, 1.54) is 0 Å². The second-order valence-corrected chi connectivity index (χ2v) is 4.76. The second kappa shape index (κ2) is 6.22. The molecule has 1 aromatic carbocycles. The molecule has 0 spiro atoms. The van der Waals surface area contributed by atoms with E-state index in [1.807, 2.05) is 13.8 Å². The van der Waals surface area contributed by atoms with Crippen molar-refractivity contribution >= 4 is 17.6 Å². The molecule has 104 valence electrons. The fourth-order valence-electron chi connectivity index (χ4n) is 1.85. The van der Waals surface area contributed by atoms with Gasteiger partial charge in [-0.05, 0) is 38.5 Å². The lowest BCUT2D eigenvalue weighted by Crippen LogP contribution is -2.38. The summed E-state index contributed by atoms with van der Waals surface area (Å²) >= 11 is 0. The molecule has 1 amide bonds. The number of carbonyl (C=O) groups excluding carboxylic acids is 1. The Labute approximate surface area is 113 Å². The molecule has 0 aromatic heterocycles. The highest BCUT2D eigenvalue weighted by molar-refractivity contribution is 5.97. The van der Waals surface area contributed by atoms with E-state index in [1.54, 1.807) is 30.0 Å². The van der Waals surface area contributed by atoms with Crippen LogP contribution in [0.1, 0.15) is 36.2 Å². The number of nitrogen functional groups attached to an aromatic ring is 1. The van der Waals surface area contributed by atoms with E-state index in [2.05, 4.69) is 0 Å². The number of hydrogen-bond acceptors (Lipinski definition) is 3. The van der Waals surface area contributed by atoms with Gasteiger partial charge >= 0.3 is 5.97 Å². The predicted octanol–water partition coefficient (Wildman–Crippen LogP) is 1.90. The van der Waals surface area contributed by atoms with Crippen LogP contribution in [0.4, 0.5) is 5.69 Å². The smallest absolute Gasteiger partial charge is 0.305 e. The minimum atomic E-state index is -0.914. The summed E-state index contributed by atoms with van der Waals surface area (Å²) in [6, 6.07) is 5.12. The number of hydrogen-bond donors (Lipinski definition) is 2. The minimum Gasteiger partial charge on any atom is -0.481 e. The quantitative estimate of drug-likeness (QED) is 0.796. The molecule has 0 aliphatic rings. The number of nitrogens with two attached hydrogens (primary N) is 1. The molecule has 19 heavy (non-hydrogen) atoms. The van der Waals surface area contributed by atoms with Gasteiger partial charge in [0.2, 0.25) is 0 Å². The Morgan fingerprint density at radius 2 is 2.00 bits per heavy atom. The van der Waals surface area contributed by atoms with Crippen LogP contribution in [0.25, 0.3) is 0 Å². The minimum absolute atomic E-state index is 0.0623. The first-order valence-corrected chi connectivity index (χ1v) is 6.22. The molecule has 0 aliphatic carbocycles. The van der Waals surface area contributed by atoms with E-state index in [9.17, 15) is 9.59 Å². The van der Waals surface area contributed by atoms with Crippen LogP contribution in [0.3, 0.4) is 0 Å². The van der Waals surface area contributed by atoms with Gasteiger partial charge in [-0.25, -0.2) is 0 Å². The number of nitrogens with zero attached hydrogens (tertiary/aromatic N) is 1. The Morgan fingerprint density at radius 3 is 2.53 bits per heavy atom. The maximum Gasteiger partial charge on any atom is 0.305 e. The fourth-order valence-corrected chi connectivity index (χ4v) is 1.85. The van der Waals surface area contributed by atoms with Crippen molar-refractivity contribution in [2.75, 3.05) is 12.3 Å². The van der Waals surface area contributed by atoms with Gasteiger partial charge in [0.15, 0.2) is 0 Å². The topological polar surface area (TPSA) is 83.6 Å². The third-order valence-electron chi connectivity index (χ3n) is 3.06. The van der Waals surface area contributed by atoms with Crippen LogP contribution in [0.15, 0.2) is 18.2 Å². The number of amides is 1. The van der Waals surface area contributed by atoms with E-state index < -0.39 is 5.97 Å². The number of carboxylic acids is 1. The van der Waals surface area contributed by atoms with Gasteiger partial charge in [-0.1, -0.05) is 6.07 Å². The first-order chi connectivity index (χ1) is 8.84. The van der Waals surface area contributed by atoms with Gasteiger partial charge in [0.05, 0.1) is 6.42 Å². The van der Waals surface area contributed by atoms with Crippen molar-refractivity contribution in [1.82, 2.24) is 4.90 Å². The van der Waals surface area contributed by atoms with Crippen LogP contribution in [0.5, 0.6) is 0 Å². The number of carboxylic acid groups (broad SMARTS) is 1. The summed E-state index contributed by atoms with van der Waals surface area (Å²) in [5, 5.41) is 8.74. The summed E-state index contributed by atoms with van der Waals surface area (Å²) in [6.07, 6.45) is -0.0642. The van der Waals surface area contributed by atoms with Crippen molar-refractivity contribution in [3.05, 3.63) is 29.3 Å². The SMILES string of the molecule is Cc1c(N)cccc1C(=O)N(CCC(=O)O)C(C)C. The van der Waals surface area contributed by atoms with Crippen molar-refractivity contribution < 1.29 is 14.7 Å². The molecular weight excluding hydrogens is 244 g/mol. The van der Waals surface area contributed by atoms with Crippen LogP contribution < -0.4 is 5.73 Å². The Bertz CT molecular complexity index is 484. The summed E-state index contributed by atoms with van der Waals surface area (Å²) in [5.74, 6) is -1.09. The molecule has 0 bridgehead atoms. The van der Waals surface area contributed by atoms with Crippen molar-refractivity contribution in [3.63, 3.8) is 0 Å². The third-order valence-corrected chi connectivity index (χ3v) is 3.06. The molecule has 0 fully saturated rings. The molecule has 0 aliphatic heterocycles. The Hall–Kier alpha value is -2.04. The van der Waals surface area contributed by atoms with Gasteiger partial charge < -0.3 is 15.7 Å². The van der Waals surface area contributed by atoms with Gasteiger partial charge in [-0.15, -0.1) is 0 Å². The standard InChI is InChI=1S/C14H20N2O3/c1-9(2)16(8-7-13(17)18)14(19)11-5-4-6-12(15)10(11)3/h4-6,9H,7-8,15H2,1-3H3,(H,17,18). The van der Waals surface area contributed by atoms with Gasteiger partial charge in [0.1, 0.15) is 0 Å². The summed E-state index contributed by atoms with van der Waals surface area (Å²) in [4.78, 5) is 24.6. The van der Waals surface area contributed by atoms with Crippen molar-refractivity contribution in [1.29, 1.82) is 0 Å². The zero-order valence-corrected chi connectivity index (χ0v) is 11.5. The van der Waals surface area contributed by atoms with Gasteiger partial charge in [-0.3, -0.25) is 9.59 Å². The van der Waals surface area contributed by atoms with Crippen LogP contribution in [-0.4, -0.2) is 34.5 Å². The Morgan fingerprint density at radius 1 is 1.37 bits per heavy atom.